The molecule has 0 aromatic rings. The van der Waals surface area contributed by atoms with Crippen LogP contribution in [0.1, 0.15) is 19.3 Å². The fourth-order valence-electron chi connectivity index (χ4n) is 1.68. The largest absolute Gasteiger partial charge is 0.394 e. The van der Waals surface area contributed by atoms with Gasteiger partial charge in [-0.1, -0.05) is 0 Å². The molecule has 1 aliphatic heterocycles. The van der Waals surface area contributed by atoms with Gasteiger partial charge < -0.3 is 10.2 Å². The van der Waals surface area contributed by atoms with E-state index in [2.05, 4.69) is 6.07 Å². The molecule has 1 aliphatic rings. The predicted molar refractivity (Wildman–Crippen MR) is 47.9 cm³/mol. The van der Waals surface area contributed by atoms with Crippen LogP contribution in [0.2, 0.25) is 0 Å². The number of likely N-dealkylation sites (tertiary alicyclic amines) is 1. The molecule has 0 bridgehead atoms. The highest BCUT2D eigenvalue weighted by Crippen LogP contribution is 2.16. The molecular weight excluding hydrogens is 168 g/mol. The summed E-state index contributed by atoms with van der Waals surface area (Å²) >= 11 is 0. The molecule has 1 heterocycles. The van der Waals surface area contributed by atoms with E-state index in [9.17, 15) is 5.11 Å². The molecule has 0 spiro atoms. The highest BCUT2D eigenvalue weighted by molar-refractivity contribution is 4.94. The van der Waals surface area contributed by atoms with Gasteiger partial charge >= 0.3 is 0 Å². The summed E-state index contributed by atoms with van der Waals surface area (Å²) in [5.74, 6) is 0. The van der Waals surface area contributed by atoms with Gasteiger partial charge in [-0.3, -0.25) is 4.90 Å². The number of nitrogens with zero attached hydrogens (tertiary/aromatic N) is 2. The molecule has 74 valence electrons. The van der Waals surface area contributed by atoms with Crippen LogP contribution in [-0.2, 0) is 0 Å². The fourth-order valence-corrected chi connectivity index (χ4v) is 1.68. The van der Waals surface area contributed by atoms with Crippen LogP contribution in [0, 0.1) is 11.3 Å². The topological polar surface area (TPSA) is 67.5 Å². The Morgan fingerprint density at radius 3 is 2.92 bits per heavy atom. The maximum absolute atomic E-state index is 9.22. The van der Waals surface area contributed by atoms with E-state index >= 15 is 0 Å². The van der Waals surface area contributed by atoms with Crippen molar-refractivity contribution in [1.29, 1.82) is 5.26 Å². The Morgan fingerprint density at radius 1 is 1.54 bits per heavy atom. The van der Waals surface area contributed by atoms with Crippen LogP contribution < -0.4 is 0 Å². The third-order valence-corrected chi connectivity index (χ3v) is 2.42. The van der Waals surface area contributed by atoms with Gasteiger partial charge in [-0.05, 0) is 25.8 Å². The van der Waals surface area contributed by atoms with E-state index in [0.717, 1.165) is 25.8 Å². The van der Waals surface area contributed by atoms with Gasteiger partial charge in [0.05, 0.1) is 24.8 Å². The van der Waals surface area contributed by atoms with Gasteiger partial charge in [-0.2, -0.15) is 5.26 Å². The first kappa shape index (κ1) is 10.5. The number of β-amino-alcohol motifs (C(OH)–C–C–N with tert-alkyl or cyclic N) is 1. The van der Waals surface area contributed by atoms with Crippen molar-refractivity contribution >= 4 is 0 Å². The number of hydrogen-bond donors (Lipinski definition) is 2. The Labute approximate surface area is 78.4 Å². The van der Waals surface area contributed by atoms with Crippen molar-refractivity contribution < 1.29 is 10.2 Å². The Morgan fingerprint density at radius 2 is 2.31 bits per heavy atom. The molecule has 1 saturated heterocycles. The molecular formula is C9H16N2O2. The lowest BCUT2D eigenvalue weighted by Gasteiger charge is -2.32. The van der Waals surface area contributed by atoms with Crippen LogP contribution >= 0.6 is 0 Å². The van der Waals surface area contributed by atoms with Gasteiger partial charge in [0.15, 0.2) is 0 Å². The van der Waals surface area contributed by atoms with Crippen LogP contribution in [0.5, 0.6) is 0 Å². The van der Waals surface area contributed by atoms with Crippen molar-refractivity contribution in [3.8, 4) is 6.07 Å². The second kappa shape index (κ2) is 5.18. The van der Waals surface area contributed by atoms with E-state index in [-0.39, 0.29) is 12.6 Å². The maximum atomic E-state index is 9.22. The molecule has 1 fully saturated rings. The van der Waals surface area contributed by atoms with Crippen LogP contribution in [-0.4, -0.2) is 47.0 Å². The lowest BCUT2D eigenvalue weighted by Crippen LogP contribution is -2.43. The first-order valence-electron chi connectivity index (χ1n) is 4.70. The monoisotopic (exact) mass is 184 g/mol. The summed E-state index contributed by atoms with van der Waals surface area (Å²) in [7, 11) is 0. The van der Waals surface area contributed by atoms with Crippen molar-refractivity contribution in [2.75, 3.05) is 19.7 Å². The van der Waals surface area contributed by atoms with Crippen LogP contribution in [0.4, 0.5) is 0 Å². The first-order valence-corrected chi connectivity index (χ1v) is 4.70. The minimum Gasteiger partial charge on any atom is -0.394 e. The lowest BCUT2D eigenvalue weighted by atomic mass is 10.0. The van der Waals surface area contributed by atoms with E-state index in [0.29, 0.717) is 6.54 Å². The highest BCUT2D eigenvalue weighted by Gasteiger charge is 2.23. The molecule has 0 aromatic carbocycles. The second-order valence-corrected chi connectivity index (χ2v) is 3.47. The third-order valence-electron chi connectivity index (χ3n) is 2.42. The zero-order valence-electron chi connectivity index (χ0n) is 7.69. The molecule has 2 unspecified atom stereocenters. The minimum atomic E-state index is -0.714. The molecule has 0 saturated carbocycles. The zero-order chi connectivity index (χ0) is 9.68. The average Bonchev–Trinajstić information content (AvgIpc) is 2.18. The molecule has 2 N–H and O–H groups in total. The number of aliphatic hydroxyl groups is 2. The van der Waals surface area contributed by atoms with E-state index in [4.69, 9.17) is 10.4 Å². The molecule has 1 rings (SSSR count). The number of nitriles is 1. The molecule has 0 aliphatic carbocycles. The van der Waals surface area contributed by atoms with E-state index in [1.807, 2.05) is 4.90 Å². The molecule has 2 atom stereocenters. The highest BCUT2D eigenvalue weighted by atomic mass is 16.3. The van der Waals surface area contributed by atoms with Crippen molar-refractivity contribution in [3.63, 3.8) is 0 Å². The van der Waals surface area contributed by atoms with Crippen molar-refractivity contribution in [2.24, 2.45) is 0 Å². The first-order chi connectivity index (χ1) is 6.27. The van der Waals surface area contributed by atoms with Gasteiger partial charge in [0, 0.05) is 6.54 Å². The Hall–Kier alpha value is -0.630. The van der Waals surface area contributed by atoms with Crippen molar-refractivity contribution in [1.82, 2.24) is 4.90 Å². The van der Waals surface area contributed by atoms with E-state index in [1.54, 1.807) is 0 Å². The number of hydrogen-bond acceptors (Lipinski definition) is 4. The number of aliphatic hydroxyl groups excluding tert-OH is 2. The van der Waals surface area contributed by atoms with Crippen molar-refractivity contribution in [3.05, 3.63) is 0 Å². The summed E-state index contributed by atoms with van der Waals surface area (Å²) < 4.78 is 0. The normalized spacial score (nSPS) is 26.7. The smallest absolute Gasteiger partial charge is 0.0978 e. The van der Waals surface area contributed by atoms with Crippen molar-refractivity contribution in [2.45, 2.75) is 31.4 Å². The quantitative estimate of drug-likeness (QED) is 0.633. The molecule has 4 heteroatoms. The summed E-state index contributed by atoms with van der Waals surface area (Å²) in [6.45, 7) is 1.04. The maximum Gasteiger partial charge on any atom is 0.0978 e. The summed E-state index contributed by atoms with van der Waals surface area (Å²) in [4.78, 5) is 1.95. The summed E-state index contributed by atoms with van der Waals surface area (Å²) in [5.41, 5.74) is 0. The Bertz CT molecular complexity index is 191. The van der Waals surface area contributed by atoms with Gasteiger partial charge in [0.1, 0.15) is 0 Å². The van der Waals surface area contributed by atoms with Gasteiger partial charge in [0.25, 0.3) is 0 Å². The zero-order valence-corrected chi connectivity index (χ0v) is 7.69. The predicted octanol–water partition coefficient (Wildman–Crippen LogP) is -0.282. The molecule has 0 aromatic heterocycles. The van der Waals surface area contributed by atoms with Crippen LogP contribution in [0.15, 0.2) is 0 Å². The number of rotatable bonds is 3. The summed E-state index contributed by atoms with van der Waals surface area (Å²) in [6.07, 6.45) is 2.34. The van der Waals surface area contributed by atoms with Crippen LogP contribution in [0.3, 0.4) is 0 Å². The summed E-state index contributed by atoms with van der Waals surface area (Å²) in [5, 5.41) is 26.7. The molecule has 0 radical (unpaired) electrons. The lowest BCUT2D eigenvalue weighted by molar-refractivity contribution is 0.0433. The van der Waals surface area contributed by atoms with E-state index in [1.165, 1.54) is 0 Å². The fraction of sp³-hybridized carbons (Fsp3) is 0.889. The second-order valence-electron chi connectivity index (χ2n) is 3.47. The third kappa shape index (κ3) is 2.96. The SMILES string of the molecule is N#CC1CCCCN1CC(O)CO. The van der Waals surface area contributed by atoms with E-state index < -0.39 is 6.10 Å². The Kier molecular flexibility index (Phi) is 4.16. The summed E-state index contributed by atoms with van der Waals surface area (Å²) in [6, 6.07) is 2.14. The average molecular weight is 184 g/mol. The van der Waals surface area contributed by atoms with Gasteiger partial charge in [-0.15, -0.1) is 0 Å². The molecule has 0 amide bonds. The standard InChI is InChI=1S/C9H16N2O2/c10-5-8-3-1-2-4-11(8)6-9(13)7-12/h8-9,12-13H,1-4,6-7H2. The molecule has 13 heavy (non-hydrogen) atoms. The van der Waals surface area contributed by atoms with Gasteiger partial charge in [-0.25, -0.2) is 0 Å². The minimum absolute atomic E-state index is 0.0741. The van der Waals surface area contributed by atoms with Crippen LogP contribution in [0.25, 0.3) is 0 Å². The number of piperidine rings is 1. The van der Waals surface area contributed by atoms with Gasteiger partial charge in [0.2, 0.25) is 0 Å². The molecule has 4 nitrogen and oxygen atoms in total. The Balaban J connectivity index is 2.41.